The predicted molar refractivity (Wildman–Crippen MR) is 168 cm³/mol. The summed E-state index contributed by atoms with van der Waals surface area (Å²) in [6.07, 6.45) is 5.93. The number of nitrogens with two attached hydrogens (primary N) is 1. The number of allylic oxidation sites excluding steroid dienone is 2. The maximum atomic E-state index is 13.7. The molecule has 0 aliphatic heterocycles. The molecule has 0 bridgehead atoms. The minimum atomic E-state index is -1.26. The highest BCUT2D eigenvalue weighted by molar-refractivity contribution is 5.97. The third-order valence-electron chi connectivity index (χ3n) is 8.25. The van der Waals surface area contributed by atoms with Gasteiger partial charge in [-0.15, -0.1) is 0 Å². The molecule has 7 nitrogen and oxygen atoms in total. The van der Waals surface area contributed by atoms with E-state index in [1.165, 1.54) is 5.56 Å². The van der Waals surface area contributed by atoms with Crippen molar-refractivity contribution in [2.45, 2.75) is 79.1 Å². The van der Waals surface area contributed by atoms with Gasteiger partial charge in [0, 0.05) is 37.7 Å². The van der Waals surface area contributed by atoms with Gasteiger partial charge in [0.05, 0.1) is 18.1 Å². The minimum absolute atomic E-state index is 0.0646. The Kier molecular flexibility index (Phi) is 12.5. The van der Waals surface area contributed by atoms with E-state index in [4.69, 9.17) is 5.73 Å². The number of carbonyl (C=O) groups is 2. The van der Waals surface area contributed by atoms with E-state index in [2.05, 4.69) is 30.4 Å². The molecule has 42 heavy (non-hydrogen) atoms. The van der Waals surface area contributed by atoms with E-state index in [9.17, 15) is 19.8 Å². The first-order chi connectivity index (χ1) is 20.2. The van der Waals surface area contributed by atoms with Gasteiger partial charge in [0.2, 0.25) is 11.8 Å². The van der Waals surface area contributed by atoms with Gasteiger partial charge in [0.25, 0.3) is 0 Å². The number of hydrogen-bond acceptors (Lipinski definition) is 5. The molecule has 0 saturated carbocycles. The van der Waals surface area contributed by atoms with Crippen molar-refractivity contribution in [2.75, 3.05) is 19.6 Å². The molecule has 0 saturated heterocycles. The minimum Gasteiger partial charge on any atom is -0.392 e. The lowest BCUT2D eigenvalue weighted by Crippen LogP contribution is -2.51. The van der Waals surface area contributed by atoms with Gasteiger partial charge in [0.15, 0.2) is 0 Å². The fraction of sp³-hybridized carbons (Fsp3) is 0.486. The van der Waals surface area contributed by atoms with Gasteiger partial charge in [-0.05, 0) is 61.3 Å². The van der Waals surface area contributed by atoms with E-state index in [1.807, 2.05) is 68.2 Å². The molecule has 3 rings (SSSR count). The molecule has 1 aliphatic carbocycles. The first-order valence-corrected chi connectivity index (χ1v) is 15.3. The number of amides is 2. The largest absolute Gasteiger partial charge is 0.392 e. The Hall–Kier alpha value is -3.26. The van der Waals surface area contributed by atoms with Crippen molar-refractivity contribution in [2.24, 2.45) is 17.1 Å². The predicted octanol–water partition coefficient (Wildman–Crippen LogP) is 4.45. The third-order valence-corrected chi connectivity index (χ3v) is 8.25. The molecule has 0 spiro atoms. The molecule has 0 heterocycles. The molecule has 0 aromatic heterocycles. The zero-order valence-electron chi connectivity index (χ0n) is 25.7. The smallest absolute Gasteiger partial charge is 0.249 e. The molecule has 228 valence electrons. The third kappa shape index (κ3) is 8.40. The van der Waals surface area contributed by atoms with Crippen LogP contribution in [0.3, 0.4) is 0 Å². The number of primary amides is 1. The van der Waals surface area contributed by atoms with Crippen molar-refractivity contribution in [3.63, 3.8) is 0 Å². The Bertz CT molecular complexity index is 1250. The highest BCUT2D eigenvalue weighted by Crippen LogP contribution is 2.44. The van der Waals surface area contributed by atoms with E-state index in [1.54, 1.807) is 0 Å². The molecular formula is C35H49N3O4. The van der Waals surface area contributed by atoms with Crippen LogP contribution in [0.15, 0.2) is 71.8 Å². The van der Waals surface area contributed by atoms with Crippen LogP contribution < -0.4 is 11.1 Å². The van der Waals surface area contributed by atoms with Gasteiger partial charge in [-0.25, -0.2) is 0 Å². The standard InChI is InChI=1S/C35H49N3O4/c1-5-15-38(16-6-2)33(41)30-17-25(4)20-35(21-30,34(36)42)31(19-27-11-13-28(24-39)14-12-27)32(40)23-37-22-29-10-8-9-26(7-3)18-29/h8-14,17-18,20,31-32,37,39-40H,5-7,15-16,19,21-24H2,1-4H3,(H2,36,42)/t31-,32+,35?/m1/s1. The summed E-state index contributed by atoms with van der Waals surface area (Å²) in [6.45, 7) is 10.1. The van der Waals surface area contributed by atoms with E-state index < -0.39 is 23.3 Å². The molecule has 5 N–H and O–H groups in total. The molecule has 2 aromatic rings. The summed E-state index contributed by atoms with van der Waals surface area (Å²) in [5.41, 5.74) is 10.4. The summed E-state index contributed by atoms with van der Waals surface area (Å²) in [5.74, 6) is -1.22. The van der Waals surface area contributed by atoms with Crippen LogP contribution in [-0.4, -0.2) is 52.7 Å². The van der Waals surface area contributed by atoms with Gasteiger partial charge in [-0.3, -0.25) is 9.59 Å². The lowest BCUT2D eigenvalue weighted by molar-refractivity contribution is -0.132. The van der Waals surface area contributed by atoms with Crippen molar-refractivity contribution in [1.29, 1.82) is 0 Å². The topological polar surface area (TPSA) is 116 Å². The zero-order chi connectivity index (χ0) is 30.7. The van der Waals surface area contributed by atoms with Crippen LogP contribution in [0.4, 0.5) is 0 Å². The highest BCUT2D eigenvalue weighted by Gasteiger charge is 2.48. The molecule has 7 heteroatoms. The Morgan fingerprint density at radius 2 is 1.64 bits per heavy atom. The van der Waals surface area contributed by atoms with Crippen LogP contribution in [0.1, 0.15) is 69.2 Å². The average Bonchev–Trinajstić information content (AvgIpc) is 2.99. The summed E-state index contributed by atoms with van der Waals surface area (Å²) in [4.78, 5) is 29.0. The lowest BCUT2D eigenvalue weighted by Gasteiger charge is -2.42. The maximum Gasteiger partial charge on any atom is 0.249 e. The van der Waals surface area contributed by atoms with Gasteiger partial charge >= 0.3 is 0 Å². The highest BCUT2D eigenvalue weighted by atomic mass is 16.3. The molecule has 0 radical (unpaired) electrons. The van der Waals surface area contributed by atoms with Crippen LogP contribution in [0.2, 0.25) is 0 Å². The summed E-state index contributed by atoms with van der Waals surface area (Å²) in [6, 6.07) is 15.9. The molecule has 2 aromatic carbocycles. The summed E-state index contributed by atoms with van der Waals surface area (Å²) >= 11 is 0. The Labute approximate surface area is 251 Å². The van der Waals surface area contributed by atoms with Gasteiger partial charge in [-0.1, -0.05) is 87.0 Å². The van der Waals surface area contributed by atoms with Crippen LogP contribution in [0.25, 0.3) is 0 Å². The number of aryl methyl sites for hydroxylation is 1. The van der Waals surface area contributed by atoms with E-state index in [-0.39, 0.29) is 25.5 Å². The zero-order valence-corrected chi connectivity index (χ0v) is 25.7. The van der Waals surface area contributed by atoms with Crippen LogP contribution in [0, 0.1) is 11.3 Å². The normalized spacial score (nSPS) is 18.1. The number of rotatable bonds is 16. The lowest BCUT2D eigenvalue weighted by atomic mass is 9.63. The molecule has 3 atom stereocenters. The number of nitrogens with zero attached hydrogens (tertiary/aromatic N) is 1. The molecular weight excluding hydrogens is 526 g/mol. The Morgan fingerprint density at radius 3 is 2.24 bits per heavy atom. The number of aliphatic hydroxyl groups is 2. The first kappa shape index (κ1) is 33.2. The molecule has 0 fully saturated rings. The average molecular weight is 576 g/mol. The number of carbonyl (C=O) groups excluding carboxylic acids is 2. The van der Waals surface area contributed by atoms with Crippen LogP contribution in [0.5, 0.6) is 0 Å². The molecule has 1 unspecified atom stereocenters. The second-order valence-electron chi connectivity index (χ2n) is 11.6. The number of nitrogens with one attached hydrogen (secondary N) is 1. The Morgan fingerprint density at radius 1 is 1.00 bits per heavy atom. The van der Waals surface area contributed by atoms with E-state index in [0.717, 1.165) is 41.5 Å². The van der Waals surface area contributed by atoms with Crippen LogP contribution >= 0.6 is 0 Å². The summed E-state index contributed by atoms with van der Waals surface area (Å²) in [7, 11) is 0. The van der Waals surface area contributed by atoms with Gasteiger partial charge in [0.1, 0.15) is 0 Å². The van der Waals surface area contributed by atoms with Crippen molar-refractivity contribution >= 4 is 11.8 Å². The van der Waals surface area contributed by atoms with Crippen molar-refractivity contribution in [3.05, 3.63) is 94.1 Å². The fourth-order valence-electron chi connectivity index (χ4n) is 6.08. The Balaban J connectivity index is 1.95. The number of benzene rings is 2. The maximum absolute atomic E-state index is 13.7. The van der Waals surface area contributed by atoms with Crippen molar-refractivity contribution in [3.8, 4) is 0 Å². The fourth-order valence-corrected chi connectivity index (χ4v) is 6.08. The van der Waals surface area contributed by atoms with Gasteiger partial charge < -0.3 is 26.2 Å². The first-order valence-electron chi connectivity index (χ1n) is 15.3. The quantitative estimate of drug-likeness (QED) is 0.236. The molecule has 2 amide bonds. The summed E-state index contributed by atoms with van der Waals surface area (Å²) < 4.78 is 0. The van der Waals surface area contributed by atoms with Crippen molar-refractivity contribution < 1.29 is 19.8 Å². The van der Waals surface area contributed by atoms with Crippen molar-refractivity contribution in [1.82, 2.24) is 10.2 Å². The monoisotopic (exact) mass is 575 g/mol. The SMILES string of the molecule is CCCN(CCC)C(=O)C1=CC(C)=CC(C(N)=O)([C@H](Cc2ccc(CO)cc2)[C@@H](O)CNCc2cccc(CC)c2)C1. The van der Waals surface area contributed by atoms with E-state index >= 15 is 0 Å². The van der Waals surface area contributed by atoms with E-state index in [0.29, 0.717) is 31.6 Å². The number of hydrogen-bond donors (Lipinski definition) is 4. The second-order valence-corrected chi connectivity index (χ2v) is 11.6. The van der Waals surface area contributed by atoms with Gasteiger partial charge in [-0.2, -0.15) is 0 Å². The second kappa shape index (κ2) is 15.8. The summed E-state index contributed by atoms with van der Waals surface area (Å²) in [5, 5.41) is 24.6. The van der Waals surface area contributed by atoms with Crippen LogP contribution in [-0.2, 0) is 35.6 Å². The molecule has 1 aliphatic rings. The number of aliphatic hydroxyl groups excluding tert-OH is 2.